The van der Waals surface area contributed by atoms with Gasteiger partial charge in [-0.25, -0.2) is 15.0 Å². The van der Waals surface area contributed by atoms with Crippen molar-refractivity contribution in [3.05, 3.63) is 59.9 Å². The second kappa shape index (κ2) is 8.11. The fourth-order valence-corrected chi connectivity index (χ4v) is 4.26. The van der Waals surface area contributed by atoms with Gasteiger partial charge in [0.15, 0.2) is 15.8 Å². The third-order valence-electron chi connectivity index (χ3n) is 4.19. The number of nitrogens with one attached hydrogen (secondary N) is 2. The Morgan fingerprint density at radius 2 is 1.67 bits per heavy atom. The van der Waals surface area contributed by atoms with Crippen LogP contribution in [0.15, 0.2) is 53.4 Å². The molecule has 0 saturated heterocycles. The van der Waals surface area contributed by atoms with Crippen molar-refractivity contribution in [3.63, 3.8) is 0 Å². The molecule has 2 heterocycles. The molecule has 4 aromatic rings. The third kappa shape index (κ3) is 4.34. The third-order valence-corrected chi connectivity index (χ3v) is 5.85. The van der Waals surface area contributed by atoms with Crippen LogP contribution in [0.2, 0.25) is 0 Å². The van der Waals surface area contributed by atoms with E-state index in [-0.39, 0.29) is 0 Å². The van der Waals surface area contributed by atoms with Crippen molar-refractivity contribution in [3.8, 4) is 0 Å². The summed E-state index contributed by atoms with van der Waals surface area (Å²) in [6.07, 6.45) is -2.38. The number of aryl methyl sites for hydroxylation is 1. The lowest BCUT2D eigenvalue weighted by Crippen LogP contribution is -2.04. The number of rotatable bonds is 5. The van der Waals surface area contributed by atoms with Crippen LogP contribution < -0.4 is 10.6 Å². The molecule has 0 saturated carbocycles. The Morgan fingerprint density at radius 3 is 2.37 bits per heavy atom. The number of aromatic nitrogens is 3. The largest absolute Gasteiger partial charge is 0.416 e. The van der Waals surface area contributed by atoms with Crippen LogP contribution in [0.4, 0.5) is 35.5 Å². The number of fused-ring (bicyclic) bond motifs is 1. The first-order valence-corrected chi connectivity index (χ1v) is 10.9. The Bertz CT molecular complexity index is 1190. The van der Waals surface area contributed by atoms with Crippen LogP contribution in [0.3, 0.4) is 0 Å². The van der Waals surface area contributed by atoms with Gasteiger partial charge in [-0.1, -0.05) is 23.5 Å². The van der Waals surface area contributed by atoms with Crippen LogP contribution in [0.1, 0.15) is 11.4 Å². The highest BCUT2D eigenvalue weighted by molar-refractivity contribution is 7.98. The summed E-state index contributed by atoms with van der Waals surface area (Å²) in [6, 6.07) is 12.7. The molecule has 154 valence electrons. The van der Waals surface area contributed by atoms with Crippen molar-refractivity contribution in [1.82, 2.24) is 15.0 Å². The average molecular weight is 448 g/mol. The molecule has 0 aliphatic rings. The van der Waals surface area contributed by atoms with Crippen molar-refractivity contribution >= 4 is 55.8 Å². The van der Waals surface area contributed by atoms with Gasteiger partial charge in [-0.3, -0.25) is 0 Å². The van der Waals surface area contributed by atoms with E-state index in [0.29, 0.717) is 32.8 Å². The first-order chi connectivity index (χ1) is 14.3. The molecular weight excluding hydrogens is 431 g/mol. The summed E-state index contributed by atoms with van der Waals surface area (Å²) in [7, 11) is 0. The molecule has 0 spiro atoms. The first-order valence-electron chi connectivity index (χ1n) is 8.83. The van der Waals surface area contributed by atoms with Crippen LogP contribution in [-0.2, 0) is 6.18 Å². The van der Waals surface area contributed by atoms with Gasteiger partial charge in [0, 0.05) is 10.6 Å². The zero-order valence-electron chi connectivity index (χ0n) is 15.9. The maximum atomic E-state index is 12.8. The van der Waals surface area contributed by atoms with E-state index >= 15 is 0 Å². The molecule has 2 aromatic heterocycles. The highest BCUT2D eigenvalue weighted by Crippen LogP contribution is 2.35. The Hall–Kier alpha value is -2.85. The standard InChI is InChI=1S/C20H16F3N5S2/c1-11-24-17(26-13-9-7-12(8-10-13)20(21,22)23)16-18(25-11)30-19(28-16)27-14-5-3-4-6-15(14)29-2/h3-10H,1-2H3,(H,27,28)(H,24,25,26). The number of hydrogen-bond donors (Lipinski definition) is 2. The van der Waals surface area contributed by atoms with Gasteiger partial charge in [-0.2, -0.15) is 13.2 Å². The van der Waals surface area contributed by atoms with E-state index in [1.165, 1.54) is 23.5 Å². The molecule has 4 rings (SSSR count). The van der Waals surface area contributed by atoms with Gasteiger partial charge in [-0.15, -0.1) is 11.8 Å². The van der Waals surface area contributed by atoms with Crippen LogP contribution in [0.25, 0.3) is 10.3 Å². The number of halogens is 3. The number of thiazole rings is 1. The van der Waals surface area contributed by atoms with Crippen LogP contribution >= 0.6 is 23.1 Å². The SMILES string of the molecule is CSc1ccccc1Nc1nc2c(Nc3ccc(C(F)(F)F)cc3)nc(C)nc2s1. The van der Waals surface area contributed by atoms with Gasteiger partial charge in [0.2, 0.25) is 0 Å². The number of anilines is 4. The van der Waals surface area contributed by atoms with Crippen molar-refractivity contribution in [1.29, 1.82) is 0 Å². The fourth-order valence-electron chi connectivity index (χ4n) is 2.81. The molecule has 5 nitrogen and oxygen atoms in total. The highest BCUT2D eigenvalue weighted by Gasteiger charge is 2.30. The number of alkyl halides is 3. The molecule has 0 fully saturated rings. The average Bonchev–Trinajstić information content (AvgIpc) is 3.10. The van der Waals surface area contributed by atoms with Crippen molar-refractivity contribution in [2.45, 2.75) is 18.0 Å². The molecule has 30 heavy (non-hydrogen) atoms. The molecule has 0 unspecified atom stereocenters. The predicted octanol–water partition coefficient (Wildman–Crippen LogP) is 6.62. The van der Waals surface area contributed by atoms with E-state index in [1.54, 1.807) is 18.7 Å². The minimum Gasteiger partial charge on any atom is -0.338 e. The summed E-state index contributed by atoms with van der Waals surface area (Å²) in [6.45, 7) is 1.76. The molecule has 0 aliphatic heterocycles. The summed E-state index contributed by atoms with van der Waals surface area (Å²) in [5.74, 6) is 0.983. The zero-order chi connectivity index (χ0) is 21.3. The van der Waals surface area contributed by atoms with E-state index < -0.39 is 11.7 Å². The number of para-hydroxylation sites is 1. The van der Waals surface area contributed by atoms with Crippen molar-refractivity contribution < 1.29 is 13.2 Å². The molecule has 0 radical (unpaired) electrons. The van der Waals surface area contributed by atoms with Crippen LogP contribution in [-0.4, -0.2) is 21.2 Å². The molecule has 10 heteroatoms. The Kier molecular flexibility index (Phi) is 5.52. The van der Waals surface area contributed by atoms with E-state index in [9.17, 15) is 13.2 Å². The second-order valence-corrected chi connectivity index (χ2v) is 8.14. The van der Waals surface area contributed by atoms with Gasteiger partial charge in [0.05, 0.1) is 11.3 Å². The number of hydrogen-bond acceptors (Lipinski definition) is 7. The normalized spacial score (nSPS) is 11.6. The minimum absolute atomic E-state index is 0.444. The van der Waals surface area contributed by atoms with E-state index in [2.05, 4.69) is 25.6 Å². The van der Waals surface area contributed by atoms with E-state index in [0.717, 1.165) is 22.7 Å². The van der Waals surface area contributed by atoms with Crippen molar-refractivity contribution in [2.24, 2.45) is 0 Å². The van der Waals surface area contributed by atoms with E-state index in [1.807, 2.05) is 30.5 Å². The molecule has 0 aliphatic carbocycles. The lowest BCUT2D eigenvalue weighted by molar-refractivity contribution is -0.137. The fraction of sp³-hybridized carbons (Fsp3) is 0.150. The predicted molar refractivity (Wildman–Crippen MR) is 116 cm³/mol. The number of benzene rings is 2. The lowest BCUT2D eigenvalue weighted by Gasteiger charge is -2.09. The summed E-state index contributed by atoms with van der Waals surface area (Å²) < 4.78 is 38.4. The molecular formula is C20H16F3N5S2. The summed E-state index contributed by atoms with van der Waals surface area (Å²) in [5.41, 5.74) is 1.27. The monoisotopic (exact) mass is 447 g/mol. The molecule has 0 bridgehead atoms. The maximum Gasteiger partial charge on any atom is 0.416 e. The van der Waals surface area contributed by atoms with Gasteiger partial charge in [0.1, 0.15) is 11.3 Å². The first kappa shape index (κ1) is 20.4. The number of thioether (sulfide) groups is 1. The van der Waals surface area contributed by atoms with E-state index in [4.69, 9.17) is 0 Å². The molecule has 0 atom stereocenters. The summed E-state index contributed by atoms with van der Waals surface area (Å²) in [5, 5.41) is 7.03. The van der Waals surface area contributed by atoms with Gasteiger partial charge in [-0.05, 0) is 49.6 Å². The van der Waals surface area contributed by atoms with Crippen LogP contribution in [0.5, 0.6) is 0 Å². The topological polar surface area (TPSA) is 62.7 Å². The van der Waals surface area contributed by atoms with Gasteiger partial charge in [0.25, 0.3) is 0 Å². The Balaban J connectivity index is 1.65. The van der Waals surface area contributed by atoms with Gasteiger partial charge >= 0.3 is 6.18 Å². The lowest BCUT2D eigenvalue weighted by atomic mass is 10.2. The Labute approximate surface area is 178 Å². The second-order valence-electron chi connectivity index (χ2n) is 6.32. The molecule has 2 aromatic carbocycles. The minimum atomic E-state index is -4.38. The summed E-state index contributed by atoms with van der Waals surface area (Å²) in [4.78, 5) is 15.2. The maximum absolute atomic E-state index is 12.8. The molecule has 2 N–H and O–H groups in total. The summed E-state index contributed by atoms with van der Waals surface area (Å²) >= 11 is 3.01. The smallest absolute Gasteiger partial charge is 0.338 e. The number of nitrogens with zero attached hydrogens (tertiary/aromatic N) is 3. The van der Waals surface area contributed by atoms with Crippen LogP contribution in [0, 0.1) is 6.92 Å². The molecule has 0 amide bonds. The quantitative estimate of drug-likeness (QED) is 0.335. The van der Waals surface area contributed by atoms with Crippen molar-refractivity contribution in [2.75, 3.05) is 16.9 Å². The van der Waals surface area contributed by atoms with Gasteiger partial charge < -0.3 is 10.6 Å². The highest BCUT2D eigenvalue weighted by atomic mass is 32.2. The zero-order valence-corrected chi connectivity index (χ0v) is 17.5. The Morgan fingerprint density at radius 1 is 0.933 bits per heavy atom.